The summed E-state index contributed by atoms with van der Waals surface area (Å²) in [4.78, 5) is 14.8. The average Bonchev–Trinajstić information content (AvgIpc) is 2.71. The largest absolute Gasteiger partial charge is 0.380 e. The van der Waals surface area contributed by atoms with Crippen LogP contribution in [0.2, 0.25) is 0 Å². The first-order chi connectivity index (χ1) is 7.75. The van der Waals surface area contributed by atoms with E-state index >= 15 is 0 Å². The Morgan fingerprint density at radius 1 is 1.62 bits per heavy atom. The van der Waals surface area contributed by atoms with Crippen molar-refractivity contribution >= 4 is 5.91 Å². The van der Waals surface area contributed by atoms with Gasteiger partial charge in [0.15, 0.2) is 5.82 Å². The Morgan fingerprint density at radius 2 is 2.44 bits per heavy atom. The summed E-state index contributed by atoms with van der Waals surface area (Å²) in [5.74, 6) is -0.203. The van der Waals surface area contributed by atoms with Crippen LogP contribution in [0.1, 0.15) is 17.5 Å². The molecule has 0 saturated carbocycles. The van der Waals surface area contributed by atoms with Crippen LogP contribution in [0, 0.1) is 0 Å². The topological polar surface area (TPSA) is 82.2 Å². The monoisotopic (exact) mass is 226 g/mol. The number of aromatic nitrogens is 2. The Hall–Kier alpha value is -1.40. The van der Waals surface area contributed by atoms with Crippen molar-refractivity contribution in [2.75, 3.05) is 26.3 Å². The van der Waals surface area contributed by atoms with Crippen molar-refractivity contribution in [3.8, 4) is 0 Å². The minimum atomic E-state index is -0.501. The lowest BCUT2D eigenvalue weighted by atomic mass is 10.5. The third kappa shape index (κ3) is 4.00. The molecule has 0 radical (unpaired) electrons. The Kier molecular flexibility index (Phi) is 5.52. The number of nitrogens with one attached hydrogen (secondary N) is 1. The van der Waals surface area contributed by atoms with Crippen LogP contribution < -0.4 is 11.1 Å². The lowest BCUT2D eigenvalue weighted by Crippen LogP contribution is -2.26. The molecular formula is C10H18N4O2. The maximum Gasteiger partial charge on any atom is 0.284 e. The summed E-state index contributed by atoms with van der Waals surface area (Å²) in [5.41, 5.74) is 5.17. The lowest BCUT2D eigenvalue weighted by molar-refractivity contribution is 0.0986. The molecule has 0 aliphatic heterocycles. The van der Waals surface area contributed by atoms with Crippen molar-refractivity contribution in [3.05, 3.63) is 18.2 Å². The highest BCUT2D eigenvalue weighted by molar-refractivity contribution is 5.89. The van der Waals surface area contributed by atoms with Gasteiger partial charge >= 0.3 is 0 Å². The quantitative estimate of drug-likeness (QED) is 0.591. The van der Waals surface area contributed by atoms with Crippen molar-refractivity contribution in [1.82, 2.24) is 14.9 Å². The normalized spacial score (nSPS) is 10.6. The molecule has 0 aliphatic rings. The first-order valence-corrected chi connectivity index (χ1v) is 5.35. The molecule has 0 aromatic carbocycles. The summed E-state index contributed by atoms with van der Waals surface area (Å²) in [5, 5.41) is 3.20. The number of primary amides is 1. The highest BCUT2D eigenvalue weighted by atomic mass is 16.5. The van der Waals surface area contributed by atoms with E-state index in [0.29, 0.717) is 19.0 Å². The third-order valence-corrected chi connectivity index (χ3v) is 2.09. The smallest absolute Gasteiger partial charge is 0.284 e. The SMILES string of the molecule is CCOCCNCCn1ccnc1C(N)=O. The number of nitrogens with zero attached hydrogens (tertiary/aromatic N) is 2. The van der Waals surface area contributed by atoms with E-state index in [4.69, 9.17) is 10.5 Å². The summed E-state index contributed by atoms with van der Waals surface area (Å²) in [6.45, 7) is 5.62. The number of nitrogens with two attached hydrogens (primary N) is 1. The fourth-order valence-electron chi connectivity index (χ4n) is 1.33. The molecule has 0 spiro atoms. The van der Waals surface area contributed by atoms with Crippen molar-refractivity contribution in [1.29, 1.82) is 0 Å². The fourth-order valence-corrected chi connectivity index (χ4v) is 1.33. The number of hydrogen-bond donors (Lipinski definition) is 2. The van der Waals surface area contributed by atoms with Gasteiger partial charge in [0.2, 0.25) is 0 Å². The van der Waals surface area contributed by atoms with Crippen LogP contribution in [0.4, 0.5) is 0 Å². The van der Waals surface area contributed by atoms with Crippen LogP contribution in [0.15, 0.2) is 12.4 Å². The number of ether oxygens (including phenoxy) is 1. The van der Waals surface area contributed by atoms with E-state index < -0.39 is 5.91 Å². The maximum atomic E-state index is 11.0. The van der Waals surface area contributed by atoms with Crippen molar-refractivity contribution in [3.63, 3.8) is 0 Å². The minimum Gasteiger partial charge on any atom is -0.380 e. The van der Waals surface area contributed by atoms with Crippen molar-refractivity contribution < 1.29 is 9.53 Å². The molecule has 0 unspecified atom stereocenters. The van der Waals surface area contributed by atoms with Crippen LogP contribution in [0.3, 0.4) is 0 Å². The standard InChI is InChI=1S/C10H18N4O2/c1-2-16-8-5-12-3-6-14-7-4-13-10(14)9(11)15/h4,7,12H,2-3,5-6,8H2,1H3,(H2,11,15). The van der Waals surface area contributed by atoms with Gasteiger partial charge in [-0.05, 0) is 6.92 Å². The molecule has 90 valence electrons. The van der Waals surface area contributed by atoms with Gasteiger partial charge in [-0.3, -0.25) is 4.79 Å². The Morgan fingerprint density at radius 3 is 3.12 bits per heavy atom. The number of imidazole rings is 1. The van der Waals surface area contributed by atoms with Gasteiger partial charge in [0.05, 0.1) is 6.61 Å². The van der Waals surface area contributed by atoms with E-state index in [-0.39, 0.29) is 0 Å². The molecule has 0 fully saturated rings. The summed E-state index contributed by atoms with van der Waals surface area (Å²) >= 11 is 0. The molecule has 0 atom stereocenters. The number of hydrogen-bond acceptors (Lipinski definition) is 4. The predicted molar refractivity (Wildman–Crippen MR) is 60.1 cm³/mol. The van der Waals surface area contributed by atoms with Crippen LogP contribution in [0.25, 0.3) is 0 Å². The third-order valence-electron chi connectivity index (χ3n) is 2.09. The molecule has 1 aromatic rings. The van der Waals surface area contributed by atoms with Crippen LogP contribution in [0.5, 0.6) is 0 Å². The molecule has 3 N–H and O–H groups in total. The predicted octanol–water partition coefficient (Wildman–Crippen LogP) is -0.392. The summed E-state index contributed by atoms with van der Waals surface area (Å²) in [6.07, 6.45) is 3.31. The zero-order valence-electron chi connectivity index (χ0n) is 9.48. The Balaban J connectivity index is 2.21. The van der Waals surface area contributed by atoms with Gasteiger partial charge in [-0.2, -0.15) is 0 Å². The number of carbonyl (C=O) groups excluding carboxylic acids is 1. The zero-order chi connectivity index (χ0) is 11.8. The van der Waals surface area contributed by atoms with Crippen molar-refractivity contribution in [2.45, 2.75) is 13.5 Å². The van der Waals surface area contributed by atoms with Crippen LogP contribution in [-0.2, 0) is 11.3 Å². The summed E-state index contributed by atoms with van der Waals surface area (Å²) in [6, 6.07) is 0. The van der Waals surface area contributed by atoms with E-state index in [1.165, 1.54) is 0 Å². The first-order valence-electron chi connectivity index (χ1n) is 5.35. The molecular weight excluding hydrogens is 208 g/mol. The highest BCUT2D eigenvalue weighted by Crippen LogP contribution is 1.95. The molecule has 1 amide bonds. The van der Waals surface area contributed by atoms with Gasteiger partial charge in [0.1, 0.15) is 0 Å². The van der Waals surface area contributed by atoms with Gasteiger partial charge in [-0.25, -0.2) is 4.98 Å². The van der Waals surface area contributed by atoms with Crippen LogP contribution in [-0.4, -0.2) is 41.8 Å². The lowest BCUT2D eigenvalue weighted by Gasteiger charge is -2.07. The molecule has 1 rings (SSSR count). The molecule has 0 aliphatic carbocycles. The van der Waals surface area contributed by atoms with Gasteiger partial charge in [-0.15, -0.1) is 0 Å². The molecule has 0 saturated heterocycles. The molecule has 6 nitrogen and oxygen atoms in total. The molecule has 16 heavy (non-hydrogen) atoms. The average molecular weight is 226 g/mol. The van der Waals surface area contributed by atoms with E-state index in [9.17, 15) is 4.79 Å². The zero-order valence-corrected chi connectivity index (χ0v) is 9.48. The van der Waals surface area contributed by atoms with E-state index in [0.717, 1.165) is 19.7 Å². The highest BCUT2D eigenvalue weighted by Gasteiger charge is 2.07. The minimum absolute atomic E-state index is 0.298. The van der Waals surface area contributed by atoms with Gasteiger partial charge < -0.3 is 20.4 Å². The second-order valence-corrected chi connectivity index (χ2v) is 3.26. The van der Waals surface area contributed by atoms with Crippen molar-refractivity contribution in [2.24, 2.45) is 5.73 Å². The Labute approximate surface area is 94.8 Å². The van der Waals surface area contributed by atoms with Gasteiger partial charge in [-0.1, -0.05) is 0 Å². The second-order valence-electron chi connectivity index (χ2n) is 3.26. The van der Waals surface area contributed by atoms with E-state index in [2.05, 4.69) is 10.3 Å². The molecule has 1 aromatic heterocycles. The molecule has 0 bridgehead atoms. The van der Waals surface area contributed by atoms with Gasteiger partial charge in [0.25, 0.3) is 5.91 Å². The fraction of sp³-hybridized carbons (Fsp3) is 0.600. The van der Waals surface area contributed by atoms with Gasteiger partial charge in [0, 0.05) is 38.6 Å². The summed E-state index contributed by atoms with van der Waals surface area (Å²) < 4.78 is 6.91. The Bertz CT molecular complexity index is 324. The van der Waals surface area contributed by atoms with Crippen LogP contribution >= 0.6 is 0 Å². The number of amides is 1. The second kappa shape index (κ2) is 6.97. The van der Waals surface area contributed by atoms with E-state index in [1.54, 1.807) is 17.0 Å². The number of rotatable bonds is 8. The number of carbonyl (C=O) groups is 1. The van der Waals surface area contributed by atoms with E-state index in [1.807, 2.05) is 6.92 Å². The molecule has 6 heteroatoms. The first kappa shape index (κ1) is 12.7. The molecule has 1 heterocycles. The maximum absolute atomic E-state index is 11.0. The summed E-state index contributed by atoms with van der Waals surface area (Å²) in [7, 11) is 0.